The maximum Gasteiger partial charge on any atom is 0.251 e. The molecule has 14 heavy (non-hydrogen) atoms. The van der Waals surface area contributed by atoms with Crippen LogP contribution in [-0.4, -0.2) is 13.0 Å². The lowest BCUT2D eigenvalue weighted by molar-refractivity contribution is 0.0962. The lowest BCUT2D eigenvalue weighted by Gasteiger charge is -2.09. The first-order valence-corrected chi connectivity index (χ1v) is 5.05. The van der Waals surface area contributed by atoms with E-state index in [4.69, 9.17) is 0 Å². The zero-order chi connectivity index (χ0) is 10.1. The highest BCUT2D eigenvalue weighted by Crippen LogP contribution is 2.41. The second kappa shape index (κ2) is 3.45. The van der Waals surface area contributed by atoms with E-state index in [1.54, 1.807) is 7.05 Å². The summed E-state index contributed by atoms with van der Waals surface area (Å²) in [4.78, 5) is 11.5. The Hall–Kier alpha value is -1.31. The van der Waals surface area contributed by atoms with E-state index in [0.717, 1.165) is 11.1 Å². The number of hydrogen-bond donors (Lipinski definition) is 1. The number of nitrogens with one attached hydrogen (secondary N) is 1. The van der Waals surface area contributed by atoms with Gasteiger partial charge in [0.05, 0.1) is 0 Å². The Balaban J connectivity index is 2.40. The molecular weight excluding hydrogens is 174 g/mol. The van der Waals surface area contributed by atoms with Crippen LogP contribution in [0.4, 0.5) is 0 Å². The number of carbonyl (C=O) groups is 1. The molecule has 0 unspecified atom stereocenters. The van der Waals surface area contributed by atoms with Gasteiger partial charge in [0, 0.05) is 12.6 Å². The molecule has 1 aliphatic carbocycles. The van der Waals surface area contributed by atoms with Gasteiger partial charge in [-0.2, -0.15) is 0 Å². The van der Waals surface area contributed by atoms with Crippen molar-refractivity contribution in [2.75, 3.05) is 7.05 Å². The lowest BCUT2D eigenvalue weighted by atomic mass is 9.99. The second-order valence-electron chi connectivity index (χ2n) is 3.87. The van der Waals surface area contributed by atoms with E-state index in [2.05, 4.69) is 11.4 Å². The van der Waals surface area contributed by atoms with Crippen LogP contribution in [-0.2, 0) is 0 Å². The highest BCUT2D eigenvalue weighted by atomic mass is 16.1. The summed E-state index contributed by atoms with van der Waals surface area (Å²) < 4.78 is 0. The van der Waals surface area contributed by atoms with Crippen molar-refractivity contribution in [2.24, 2.45) is 0 Å². The Morgan fingerprint density at radius 1 is 1.43 bits per heavy atom. The van der Waals surface area contributed by atoms with Gasteiger partial charge in [-0.3, -0.25) is 4.79 Å². The maximum atomic E-state index is 11.5. The monoisotopic (exact) mass is 189 g/mol. The SMILES string of the molecule is CNC(=O)c1cccc(C2CC2)c1C. The zero-order valence-corrected chi connectivity index (χ0v) is 8.63. The smallest absolute Gasteiger partial charge is 0.251 e. The fourth-order valence-corrected chi connectivity index (χ4v) is 1.87. The van der Waals surface area contributed by atoms with Gasteiger partial charge >= 0.3 is 0 Å². The van der Waals surface area contributed by atoms with Crippen LogP contribution in [0.15, 0.2) is 18.2 Å². The van der Waals surface area contributed by atoms with Crippen LogP contribution in [0.1, 0.15) is 40.2 Å². The van der Waals surface area contributed by atoms with Crippen molar-refractivity contribution in [3.05, 3.63) is 34.9 Å². The zero-order valence-electron chi connectivity index (χ0n) is 8.63. The van der Waals surface area contributed by atoms with E-state index in [0.29, 0.717) is 5.92 Å². The lowest BCUT2D eigenvalue weighted by Crippen LogP contribution is -2.19. The first-order chi connectivity index (χ1) is 6.74. The third-order valence-electron chi connectivity index (χ3n) is 2.86. The standard InChI is InChI=1S/C12H15NO/c1-8-10(9-6-7-9)4-3-5-11(8)12(14)13-2/h3-5,9H,6-7H2,1-2H3,(H,13,14). The Morgan fingerprint density at radius 2 is 2.14 bits per heavy atom. The highest BCUT2D eigenvalue weighted by molar-refractivity contribution is 5.95. The van der Waals surface area contributed by atoms with Crippen molar-refractivity contribution in [2.45, 2.75) is 25.7 Å². The summed E-state index contributed by atoms with van der Waals surface area (Å²) >= 11 is 0. The number of carbonyl (C=O) groups excluding carboxylic acids is 1. The van der Waals surface area contributed by atoms with E-state index < -0.39 is 0 Å². The molecule has 1 aromatic carbocycles. The predicted octanol–water partition coefficient (Wildman–Crippen LogP) is 2.23. The summed E-state index contributed by atoms with van der Waals surface area (Å²) in [6.07, 6.45) is 2.55. The molecule has 0 saturated heterocycles. The molecule has 1 fully saturated rings. The van der Waals surface area contributed by atoms with Crippen molar-refractivity contribution < 1.29 is 4.79 Å². The first-order valence-electron chi connectivity index (χ1n) is 5.05. The summed E-state index contributed by atoms with van der Waals surface area (Å²) in [5, 5.41) is 2.67. The van der Waals surface area contributed by atoms with Crippen molar-refractivity contribution in [1.29, 1.82) is 0 Å². The number of hydrogen-bond acceptors (Lipinski definition) is 1. The van der Waals surface area contributed by atoms with E-state index in [1.807, 2.05) is 19.1 Å². The van der Waals surface area contributed by atoms with Crippen LogP contribution in [0.2, 0.25) is 0 Å². The third-order valence-corrected chi connectivity index (χ3v) is 2.86. The van der Waals surface area contributed by atoms with Crippen molar-refractivity contribution in [3.8, 4) is 0 Å². The largest absolute Gasteiger partial charge is 0.355 e. The van der Waals surface area contributed by atoms with Gasteiger partial charge in [0.25, 0.3) is 5.91 Å². The van der Waals surface area contributed by atoms with Crippen molar-refractivity contribution >= 4 is 5.91 Å². The second-order valence-corrected chi connectivity index (χ2v) is 3.87. The fourth-order valence-electron chi connectivity index (χ4n) is 1.87. The van der Waals surface area contributed by atoms with Crippen LogP contribution in [0, 0.1) is 6.92 Å². The highest BCUT2D eigenvalue weighted by Gasteiger charge is 2.26. The molecule has 1 N–H and O–H groups in total. The van der Waals surface area contributed by atoms with Gasteiger partial charge in [-0.1, -0.05) is 12.1 Å². The minimum Gasteiger partial charge on any atom is -0.355 e. The molecule has 2 nitrogen and oxygen atoms in total. The molecule has 74 valence electrons. The minimum absolute atomic E-state index is 0.0185. The molecule has 0 radical (unpaired) electrons. The molecule has 0 spiro atoms. The molecule has 1 saturated carbocycles. The van der Waals surface area contributed by atoms with Gasteiger partial charge in [0.15, 0.2) is 0 Å². The van der Waals surface area contributed by atoms with Gasteiger partial charge < -0.3 is 5.32 Å². The van der Waals surface area contributed by atoms with Crippen LogP contribution < -0.4 is 5.32 Å². The van der Waals surface area contributed by atoms with E-state index in [-0.39, 0.29) is 5.91 Å². The van der Waals surface area contributed by atoms with Crippen LogP contribution in [0.25, 0.3) is 0 Å². The Bertz CT molecular complexity index is 367. The predicted molar refractivity (Wildman–Crippen MR) is 56.5 cm³/mol. The molecule has 0 aromatic heterocycles. The normalized spacial score (nSPS) is 15.3. The van der Waals surface area contributed by atoms with E-state index in [9.17, 15) is 4.79 Å². The summed E-state index contributed by atoms with van der Waals surface area (Å²) in [5.41, 5.74) is 3.32. The fraction of sp³-hybridized carbons (Fsp3) is 0.417. The maximum absolute atomic E-state index is 11.5. The molecule has 0 bridgehead atoms. The quantitative estimate of drug-likeness (QED) is 0.759. The average Bonchev–Trinajstić information content (AvgIpc) is 3.01. The molecular formula is C12H15NO. The molecule has 2 rings (SSSR count). The molecule has 1 amide bonds. The minimum atomic E-state index is 0.0185. The summed E-state index contributed by atoms with van der Waals surface area (Å²) in [5.74, 6) is 0.726. The van der Waals surface area contributed by atoms with Crippen molar-refractivity contribution in [3.63, 3.8) is 0 Å². The Morgan fingerprint density at radius 3 is 2.71 bits per heavy atom. The Labute approximate surface area is 84.3 Å². The van der Waals surface area contributed by atoms with Crippen molar-refractivity contribution in [1.82, 2.24) is 5.32 Å². The van der Waals surface area contributed by atoms with Gasteiger partial charge in [0.1, 0.15) is 0 Å². The van der Waals surface area contributed by atoms with E-state index in [1.165, 1.54) is 18.4 Å². The Kier molecular flexibility index (Phi) is 2.28. The summed E-state index contributed by atoms with van der Waals surface area (Å²) in [6.45, 7) is 2.04. The van der Waals surface area contributed by atoms with E-state index >= 15 is 0 Å². The van der Waals surface area contributed by atoms with Gasteiger partial charge in [0.2, 0.25) is 0 Å². The molecule has 0 aliphatic heterocycles. The van der Waals surface area contributed by atoms with Crippen LogP contribution in [0.5, 0.6) is 0 Å². The topological polar surface area (TPSA) is 29.1 Å². The molecule has 0 atom stereocenters. The summed E-state index contributed by atoms with van der Waals surface area (Å²) in [7, 11) is 1.67. The molecule has 0 heterocycles. The van der Waals surface area contributed by atoms with Gasteiger partial charge in [-0.15, -0.1) is 0 Å². The number of rotatable bonds is 2. The molecule has 2 heteroatoms. The average molecular weight is 189 g/mol. The number of amides is 1. The van der Waals surface area contributed by atoms with Gasteiger partial charge in [-0.25, -0.2) is 0 Å². The molecule has 1 aromatic rings. The number of benzene rings is 1. The third kappa shape index (κ3) is 1.52. The van der Waals surface area contributed by atoms with Crippen LogP contribution in [0.3, 0.4) is 0 Å². The first kappa shape index (κ1) is 9.25. The van der Waals surface area contributed by atoms with Crippen LogP contribution >= 0.6 is 0 Å². The van der Waals surface area contributed by atoms with Gasteiger partial charge in [-0.05, 0) is 42.9 Å². The molecule has 1 aliphatic rings. The summed E-state index contributed by atoms with van der Waals surface area (Å²) in [6, 6.07) is 6.00.